The van der Waals surface area contributed by atoms with Crippen molar-refractivity contribution >= 4 is 50.7 Å². The monoisotopic (exact) mass is 669 g/mol. The number of anilines is 1. The first-order chi connectivity index (χ1) is 21.5. The lowest BCUT2D eigenvalue weighted by molar-refractivity contribution is -0.140. The summed E-state index contributed by atoms with van der Waals surface area (Å²) in [6.45, 7) is 3.56. The van der Waals surface area contributed by atoms with Crippen molar-refractivity contribution in [1.29, 1.82) is 0 Å². The largest absolute Gasteiger partial charge is 0.354 e. The molecule has 0 heterocycles. The zero-order valence-corrected chi connectivity index (χ0v) is 27.2. The second-order valence-electron chi connectivity index (χ2n) is 10.9. The van der Waals surface area contributed by atoms with Gasteiger partial charge in [0.25, 0.3) is 10.0 Å². The zero-order chi connectivity index (χ0) is 32.6. The quantitative estimate of drug-likeness (QED) is 0.171. The van der Waals surface area contributed by atoms with Gasteiger partial charge in [-0.2, -0.15) is 0 Å². The van der Waals surface area contributed by atoms with Crippen molar-refractivity contribution in [1.82, 2.24) is 10.2 Å². The van der Waals surface area contributed by atoms with Crippen LogP contribution < -0.4 is 9.62 Å². The van der Waals surface area contributed by atoms with E-state index in [4.69, 9.17) is 23.2 Å². The lowest BCUT2D eigenvalue weighted by Crippen LogP contribution is -2.53. The summed E-state index contributed by atoms with van der Waals surface area (Å²) in [6.07, 6.45) is 0.164. The Kier molecular flexibility index (Phi) is 11.6. The third kappa shape index (κ3) is 9.06. The van der Waals surface area contributed by atoms with Crippen molar-refractivity contribution in [2.45, 2.75) is 37.8 Å². The summed E-state index contributed by atoms with van der Waals surface area (Å²) in [5.41, 5.74) is 1.56. The summed E-state index contributed by atoms with van der Waals surface area (Å²) in [4.78, 5) is 29.4. The van der Waals surface area contributed by atoms with Crippen molar-refractivity contribution in [3.05, 3.63) is 130 Å². The van der Waals surface area contributed by atoms with Crippen molar-refractivity contribution in [3.8, 4) is 0 Å². The molecule has 45 heavy (non-hydrogen) atoms. The Hall–Kier alpha value is -3.92. The van der Waals surface area contributed by atoms with Crippen LogP contribution in [0.5, 0.6) is 0 Å². The van der Waals surface area contributed by atoms with E-state index in [2.05, 4.69) is 5.32 Å². The van der Waals surface area contributed by atoms with Gasteiger partial charge in [-0.25, -0.2) is 12.8 Å². The maximum absolute atomic E-state index is 14.4. The minimum atomic E-state index is -4.34. The number of hydrogen-bond acceptors (Lipinski definition) is 4. The van der Waals surface area contributed by atoms with Gasteiger partial charge in [0, 0.05) is 29.6 Å². The lowest BCUT2D eigenvalue weighted by Gasteiger charge is -2.34. The van der Waals surface area contributed by atoms with Gasteiger partial charge in [-0.05, 0) is 65.6 Å². The normalized spacial score (nSPS) is 12.0. The Bertz CT molecular complexity index is 1710. The molecule has 2 amide bonds. The third-order valence-corrected chi connectivity index (χ3v) is 9.41. The van der Waals surface area contributed by atoms with Crippen LogP contribution >= 0.6 is 23.2 Å². The second kappa shape index (κ2) is 15.4. The zero-order valence-electron chi connectivity index (χ0n) is 24.9. The van der Waals surface area contributed by atoms with Crippen LogP contribution in [0.1, 0.15) is 25.0 Å². The molecule has 7 nitrogen and oxygen atoms in total. The molecule has 0 fully saturated rings. The highest BCUT2D eigenvalue weighted by molar-refractivity contribution is 7.92. The summed E-state index contributed by atoms with van der Waals surface area (Å²) >= 11 is 12.7. The Morgan fingerprint density at radius 2 is 1.49 bits per heavy atom. The van der Waals surface area contributed by atoms with E-state index >= 15 is 0 Å². The maximum atomic E-state index is 14.4. The minimum absolute atomic E-state index is 0.0966. The number of amides is 2. The molecular formula is C34H34Cl2FN3O4S. The van der Waals surface area contributed by atoms with Crippen LogP contribution in [0, 0.1) is 11.7 Å². The summed E-state index contributed by atoms with van der Waals surface area (Å²) < 4.78 is 42.6. The van der Waals surface area contributed by atoms with Crippen LogP contribution in [0.25, 0.3) is 0 Å². The maximum Gasteiger partial charge on any atom is 0.264 e. The van der Waals surface area contributed by atoms with E-state index in [9.17, 15) is 22.4 Å². The number of carbonyl (C=O) groups excluding carboxylic acids is 2. The van der Waals surface area contributed by atoms with E-state index in [1.165, 1.54) is 4.90 Å². The number of sulfonamides is 1. The highest BCUT2D eigenvalue weighted by Crippen LogP contribution is 2.27. The highest BCUT2D eigenvalue weighted by Gasteiger charge is 2.35. The van der Waals surface area contributed by atoms with Gasteiger partial charge in [0.1, 0.15) is 18.4 Å². The number of nitrogens with one attached hydrogen (secondary N) is 1. The van der Waals surface area contributed by atoms with Gasteiger partial charge in [-0.15, -0.1) is 0 Å². The van der Waals surface area contributed by atoms with Crippen LogP contribution in [0.2, 0.25) is 10.0 Å². The number of halogens is 3. The fraction of sp³-hybridized carbons (Fsp3) is 0.235. The Morgan fingerprint density at radius 3 is 2.09 bits per heavy atom. The van der Waals surface area contributed by atoms with Gasteiger partial charge in [0.15, 0.2) is 0 Å². The molecule has 236 valence electrons. The number of hydrogen-bond donors (Lipinski definition) is 1. The summed E-state index contributed by atoms with van der Waals surface area (Å²) in [5.74, 6) is -1.48. The molecule has 0 saturated carbocycles. The second-order valence-corrected chi connectivity index (χ2v) is 13.6. The highest BCUT2D eigenvalue weighted by atomic mass is 35.5. The molecule has 1 atom stereocenters. The van der Waals surface area contributed by atoms with E-state index in [1.54, 1.807) is 48.5 Å². The average molecular weight is 671 g/mol. The van der Waals surface area contributed by atoms with Gasteiger partial charge in [-0.3, -0.25) is 13.9 Å². The number of rotatable bonds is 13. The Morgan fingerprint density at radius 1 is 0.867 bits per heavy atom. The molecule has 4 rings (SSSR count). The fourth-order valence-corrected chi connectivity index (χ4v) is 6.55. The molecule has 0 saturated heterocycles. The van der Waals surface area contributed by atoms with E-state index < -0.39 is 40.2 Å². The lowest BCUT2D eigenvalue weighted by atomic mass is 10.0. The topological polar surface area (TPSA) is 86.8 Å². The summed E-state index contributed by atoms with van der Waals surface area (Å²) in [5, 5.41) is 3.63. The molecule has 0 aliphatic carbocycles. The number of para-hydroxylation sites is 1. The van der Waals surface area contributed by atoms with Crippen LogP contribution in [0.15, 0.2) is 108 Å². The van der Waals surface area contributed by atoms with Crippen molar-refractivity contribution in [2.24, 2.45) is 5.92 Å². The standard InChI is InChI=1S/C34H34Cl2FN3O4S/c1-24(2)21-38-34(42)32(19-25-9-5-3-6-10-25)39(22-26-13-14-27(35)20-31(26)36)33(41)23-40(29-11-7-4-8-12-29)45(43,44)30-17-15-28(37)16-18-30/h3-18,20,24,32H,19,21-23H2,1-2H3,(H,38,42)/t32-/m1/s1. The van der Waals surface area contributed by atoms with Crippen molar-refractivity contribution < 1.29 is 22.4 Å². The molecule has 0 aromatic heterocycles. The summed E-state index contributed by atoms with van der Waals surface area (Å²) in [6, 6.07) is 25.6. The SMILES string of the molecule is CC(C)CNC(=O)[C@@H](Cc1ccccc1)N(Cc1ccc(Cl)cc1Cl)C(=O)CN(c1ccccc1)S(=O)(=O)c1ccc(F)cc1. The predicted molar refractivity (Wildman–Crippen MR) is 176 cm³/mol. The third-order valence-electron chi connectivity index (χ3n) is 7.04. The number of carbonyl (C=O) groups is 2. The minimum Gasteiger partial charge on any atom is -0.354 e. The smallest absolute Gasteiger partial charge is 0.264 e. The molecule has 11 heteroatoms. The molecule has 0 bridgehead atoms. The van der Waals surface area contributed by atoms with E-state index in [-0.39, 0.29) is 29.5 Å². The number of nitrogens with zero attached hydrogens (tertiary/aromatic N) is 2. The van der Waals surface area contributed by atoms with Crippen molar-refractivity contribution in [3.63, 3.8) is 0 Å². The molecule has 4 aromatic carbocycles. The van der Waals surface area contributed by atoms with E-state index in [1.807, 2.05) is 44.2 Å². The molecule has 4 aromatic rings. The average Bonchev–Trinajstić information content (AvgIpc) is 3.02. The van der Waals surface area contributed by atoms with Crippen molar-refractivity contribution in [2.75, 3.05) is 17.4 Å². The molecule has 0 aliphatic rings. The van der Waals surface area contributed by atoms with Crippen LogP contribution in [0.3, 0.4) is 0 Å². The molecular weight excluding hydrogens is 636 g/mol. The van der Waals surface area contributed by atoms with Gasteiger partial charge >= 0.3 is 0 Å². The number of benzene rings is 4. The Labute approximate surface area is 273 Å². The first-order valence-electron chi connectivity index (χ1n) is 14.3. The van der Waals surface area contributed by atoms with E-state index in [0.29, 0.717) is 22.2 Å². The first-order valence-corrected chi connectivity index (χ1v) is 16.5. The van der Waals surface area contributed by atoms with Crippen LogP contribution in [-0.2, 0) is 32.6 Å². The van der Waals surface area contributed by atoms with Gasteiger partial charge in [0.2, 0.25) is 11.8 Å². The molecule has 0 spiro atoms. The fourth-order valence-electron chi connectivity index (χ4n) is 4.67. The van der Waals surface area contributed by atoms with E-state index in [0.717, 1.165) is 34.1 Å². The van der Waals surface area contributed by atoms with Crippen LogP contribution in [-0.4, -0.2) is 44.3 Å². The predicted octanol–water partition coefficient (Wildman–Crippen LogP) is 6.74. The molecule has 0 unspecified atom stereocenters. The first kappa shape index (κ1) is 34.0. The van der Waals surface area contributed by atoms with Gasteiger partial charge < -0.3 is 10.2 Å². The Balaban J connectivity index is 1.80. The van der Waals surface area contributed by atoms with Crippen LogP contribution in [0.4, 0.5) is 10.1 Å². The molecule has 1 N–H and O–H groups in total. The summed E-state index contributed by atoms with van der Waals surface area (Å²) in [7, 11) is -4.34. The van der Waals surface area contributed by atoms with Gasteiger partial charge in [0.05, 0.1) is 10.6 Å². The van der Waals surface area contributed by atoms with Gasteiger partial charge in [-0.1, -0.05) is 91.6 Å². The molecule has 0 radical (unpaired) electrons. The molecule has 0 aliphatic heterocycles.